The Morgan fingerprint density at radius 2 is 2.12 bits per heavy atom. The molecular weight excluding hydrogens is 212 g/mol. The van der Waals surface area contributed by atoms with E-state index in [2.05, 4.69) is 41.0 Å². The molecule has 0 radical (unpaired) electrons. The fraction of sp³-hybridized carbons (Fsp3) is 0.692. The summed E-state index contributed by atoms with van der Waals surface area (Å²) < 4.78 is 0. The third kappa shape index (κ3) is 2.68. The highest BCUT2D eigenvalue weighted by molar-refractivity contribution is 5.50. The Bertz CT molecular complexity index is 385. The minimum atomic E-state index is 0.361. The Kier molecular flexibility index (Phi) is 3.50. The summed E-state index contributed by atoms with van der Waals surface area (Å²) in [6, 6.07) is 2.74. The average Bonchev–Trinajstić information content (AvgIpc) is 3.14. The van der Waals surface area contributed by atoms with E-state index < -0.39 is 0 Å². The summed E-state index contributed by atoms with van der Waals surface area (Å²) in [6.45, 7) is 7.47. The van der Waals surface area contributed by atoms with Crippen molar-refractivity contribution in [3.63, 3.8) is 0 Å². The second-order valence-corrected chi connectivity index (χ2v) is 4.89. The zero-order chi connectivity index (χ0) is 12.4. The lowest BCUT2D eigenvalue weighted by Gasteiger charge is -2.23. The molecule has 0 bridgehead atoms. The van der Waals surface area contributed by atoms with Gasteiger partial charge in [0.05, 0.1) is 0 Å². The van der Waals surface area contributed by atoms with Gasteiger partial charge in [-0.15, -0.1) is 0 Å². The van der Waals surface area contributed by atoms with Gasteiger partial charge in [-0.05, 0) is 19.8 Å². The summed E-state index contributed by atoms with van der Waals surface area (Å²) in [4.78, 5) is 11.6. The first kappa shape index (κ1) is 12.1. The molecule has 1 saturated carbocycles. The third-order valence-corrected chi connectivity index (χ3v) is 3.13. The fourth-order valence-corrected chi connectivity index (χ4v) is 1.98. The lowest BCUT2D eigenvalue weighted by Crippen LogP contribution is -2.26. The number of rotatable bonds is 5. The van der Waals surface area contributed by atoms with Crippen molar-refractivity contribution in [1.29, 1.82) is 0 Å². The Hall–Kier alpha value is -1.32. The van der Waals surface area contributed by atoms with Gasteiger partial charge in [0.2, 0.25) is 0 Å². The number of hydrogen-bond acceptors (Lipinski definition) is 4. The second-order valence-electron chi connectivity index (χ2n) is 4.89. The van der Waals surface area contributed by atoms with Gasteiger partial charge in [0.25, 0.3) is 0 Å². The van der Waals surface area contributed by atoms with Crippen LogP contribution in [-0.2, 0) is 0 Å². The quantitative estimate of drug-likeness (QED) is 0.850. The highest BCUT2D eigenvalue weighted by Crippen LogP contribution is 2.31. The SMILES string of the molecule is CCN(c1cc(NC)nc(C(C)C)n1)C1CC1. The molecule has 4 nitrogen and oxygen atoms in total. The fourth-order valence-electron chi connectivity index (χ4n) is 1.98. The molecule has 0 aliphatic heterocycles. The molecule has 0 unspecified atom stereocenters. The average molecular weight is 234 g/mol. The molecule has 17 heavy (non-hydrogen) atoms. The monoisotopic (exact) mass is 234 g/mol. The molecule has 2 rings (SSSR count). The number of nitrogens with zero attached hydrogens (tertiary/aromatic N) is 3. The van der Waals surface area contributed by atoms with Crippen LogP contribution in [-0.4, -0.2) is 29.6 Å². The molecule has 1 aliphatic carbocycles. The lowest BCUT2D eigenvalue weighted by molar-refractivity contribution is 0.747. The van der Waals surface area contributed by atoms with Gasteiger partial charge < -0.3 is 10.2 Å². The van der Waals surface area contributed by atoms with E-state index in [-0.39, 0.29) is 0 Å². The Morgan fingerprint density at radius 3 is 2.59 bits per heavy atom. The largest absolute Gasteiger partial charge is 0.373 e. The maximum atomic E-state index is 4.69. The molecule has 1 N–H and O–H groups in total. The van der Waals surface area contributed by atoms with Crippen molar-refractivity contribution in [3.8, 4) is 0 Å². The second kappa shape index (κ2) is 4.90. The van der Waals surface area contributed by atoms with E-state index in [1.807, 2.05) is 13.1 Å². The topological polar surface area (TPSA) is 41.0 Å². The van der Waals surface area contributed by atoms with E-state index in [0.717, 1.165) is 24.0 Å². The zero-order valence-electron chi connectivity index (χ0n) is 11.2. The zero-order valence-corrected chi connectivity index (χ0v) is 11.2. The van der Waals surface area contributed by atoms with Gasteiger partial charge in [0.15, 0.2) is 0 Å². The molecule has 0 amide bonds. The standard InChI is InChI=1S/C13H22N4/c1-5-17(10-6-7-10)12-8-11(14-4)15-13(16-12)9(2)3/h8-10H,5-7H2,1-4H3,(H,14,15,16). The van der Waals surface area contributed by atoms with Crippen LogP contribution < -0.4 is 10.2 Å². The molecule has 0 spiro atoms. The minimum absolute atomic E-state index is 0.361. The van der Waals surface area contributed by atoms with E-state index in [1.54, 1.807) is 0 Å². The Morgan fingerprint density at radius 1 is 1.41 bits per heavy atom. The molecule has 0 saturated heterocycles. The molecule has 1 aliphatic rings. The summed E-state index contributed by atoms with van der Waals surface area (Å²) in [7, 11) is 1.91. The van der Waals surface area contributed by atoms with Crippen molar-refractivity contribution in [2.24, 2.45) is 0 Å². The van der Waals surface area contributed by atoms with Crippen LogP contribution in [0.15, 0.2) is 6.07 Å². The molecule has 94 valence electrons. The summed E-state index contributed by atoms with van der Waals surface area (Å²) in [6.07, 6.45) is 2.59. The van der Waals surface area contributed by atoms with Crippen LogP contribution in [0.25, 0.3) is 0 Å². The van der Waals surface area contributed by atoms with Crippen LogP contribution in [0.2, 0.25) is 0 Å². The maximum absolute atomic E-state index is 4.69. The van der Waals surface area contributed by atoms with Crippen LogP contribution in [0.4, 0.5) is 11.6 Å². The van der Waals surface area contributed by atoms with Crippen molar-refractivity contribution in [2.45, 2.75) is 45.6 Å². The predicted octanol–water partition coefficient (Wildman–Crippen LogP) is 2.63. The summed E-state index contributed by atoms with van der Waals surface area (Å²) in [5.41, 5.74) is 0. The van der Waals surface area contributed by atoms with E-state index in [4.69, 9.17) is 0 Å². The third-order valence-electron chi connectivity index (χ3n) is 3.13. The van der Waals surface area contributed by atoms with E-state index in [9.17, 15) is 0 Å². The van der Waals surface area contributed by atoms with E-state index in [0.29, 0.717) is 12.0 Å². The first-order chi connectivity index (χ1) is 8.15. The van der Waals surface area contributed by atoms with Crippen LogP contribution >= 0.6 is 0 Å². The van der Waals surface area contributed by atoms with E-state index in [1.165, 1.54) is 12.8 Å². The Labute approximate surface area is 103 Å². The van der Waals surface area contributed by atoms with Crippen molar-refractivity contribution in [3.05, 3.63) is 11.9 Å². The first-order valence-electron chi connectivity index (χ1n) is 6.49. The van der Waals surface area contributed by atoms with Crippen molar-refractivity contribution >= 4 is 11.6 Å². The van der Waals surface area contributed by atoms with Gasteiger partial charge in [0.1, 0.15) is 17.5 Å². The van der Waals surface area contributed by atoms with Crippen LogP contribution in [0.5, 0.6) is 0 Å². The summed E-state index contributed by atoms with van der Waals surface area (Å²) in [5, 5.41) is 3.12. The smallest absolute Gasteiger partial charge is 0.135 e. The highest BCUT2D eigenvalue weighted by Gasteiger charge is 2.29. The molecule has 1 aromatic heterocycles. The van der Waals surface area contributed by atoms with Crippen LogP contribution in [0.1, 0.15) is 45.4 Å². The molecule has 1 heterocycles. The number of hydrogen-bond donors (Lipinski definition) is 1. The normalized spacial score (nSPS) is 15.1. The van der Waals surface area contributed by atoms with Gasteiger partial charge in [-0.2, -0.15) is 0 Å². The van der Waals surface area contributed by atoms with Gasteiger partial charge in [-0.1, -0.05) is 13.8 Å². The lowest BCUT2D eigenvalue weighted by atomic mass is 10.2. The van der Waals surface area contributed by atoms with Crippen molar-refractivity contribution in [1.82, 2.24) is 9.97 Å². The van der Waals surface area contributed by atoms with Crippen molar-refractivity contribution < 1.29 is 0 Å². The number of nitrogens with one attached hydrogen (secondary N) is 1. The number of anilines is 2. The number of aromatic nitrogens is 2. The van der Waals surface area contributed by atoms with E-state index >= 15 is 0 Å². The van der Waals surface area contributed by atoms with Gasteiger partial charge >= 0.3 is 0 Å². The summed E-state index contributed by atoms with van der Waals surface area (Å²) in [5.74, 6) is 3.27. The maximum Gasteiger partial charge on any atom is 0.135 e. The molecule has 0 atom stereocenters. The van der Waals surface area contributed by atoms with Crippen LogP contribution in [0.3, 0.4) is 0 Å². The molecule has 0 aromatic carbocycles. The van der Waals surface area contributed by atoms with Gasteiger partial charge in [0, 0.05) is 31.6 Å². The Balaban J connectivity index is 2.34. The summed E-state index contributed by atoms with van der Waals surface area (Å²) >= 11 is 0. The van der Waals surface area contributed by atoms with Gasteiger partial charge in [-0.3, -0.25) is 0 Å². The molecule has 1 aromatic rings. The molecule has 1 fully saturated rings. The molecular formula is C13H22N4. The molecule has 4 heteroatoms. The first-order valence-corrected chi connectivity index (χ1v) is 6.49. The van der Waals surface area contributed by atoms with Crippen molar-refractivity contribution in [2.75, 3.05) is 23.8 Å². The minimum Gasteiger partial charge on any atom is -0.373 e. The van der Waals surface area contributed by atoms with Gasteiger partial charge in [-0.25, -0.2) is 9.97 Å². The highest BCUT2D eigenvalue weighted by atomic mass is 15.2. The van der Waals surface area contributed by atoms with Crippen LogP contribution in [0, 0.1) is 0 Å². The predicted molar refractivity (Wildman–Crippen MR) is 71.7 cm³/mol.